The Labute approximate surface area is 139 Å². The molecule has 118 valence electrons. The van der Waals surface area contributed by atoms with Crippen LogP contribution in [0.2, 0.25) is 0 Å². The largest absolute Gasteiger partial charge is 0.490 e. The summed E-state index contributed by atoms with van der Waals surface area (Å²) in [6, 6.07) is 13.5. The number of hydrogen-bond acceptors (Lipinski definition) is 5. The average molecular weight is 317 g/mol. The van der Waals surface area contributed by atoms with Gasteiger partial charge in [0.25, 0.3) is 0 Å². The predicted octanol–water partition coefficient (Wildman–Crippen LogP) is 4.21. The molecular weight excluding hydrogens is 302 g/mol. The summed E-state index contributed by atoms with van der Waals surface area (Å²) in [6.45, 7) is 0.475. The molecule has 3 aromatic rings. The molecule has 0 saturated heterocycles. The third kappa shape index (κ3) is 2.92. The maximum Gasteiger partial charge on any atom is 0.149 e. The summed E-state index contributed by atoms with van der Waals surface area (Å²) in [7, 11) is 0. The van der Waals surface area contributed by atoms with E-state index in [2.05, 4.69) is 15.3 Å². The molecule has 0 fully saturated rings. The molecule has 5 heteroatoms. The number of benzene rings is 2. The fourth-order valence-corrected chi connectivity index (χ4v) is 2.46. The Hall–Kier alpha value is -3.34. The zero-order chi connectivity index (χ0) is 16.2. The summed E-state index contributed by atoms with van der Waals surface area (Å²) in [4.78, 5) is 8.69. The minimum atomic E-state index is 0.475. The second-order valence-corrected chi connectivity index (χ2v) is 5.21. The molecule has 0 radical (unpaired) electrons. The van der Waals surface area contributed by atoms with Gasteiger partial charge in [0, 0.05) is 5.39 Å². The Kier molecular flexibility index (Phi) is 3.81. The van der Waals surface area contributed by atoms with E-state index in [1.165, 1.54) is 0 Å². The van der Waals surface area contributed by atoms with Crippen LogP contribution in [0.5, 0.6) is 11.5 Å². The molecule has 1 aliphatic rings. The van der Waals surface area contributed by atoms with Crippen molar-refractivity contribution in [1.29, 1.82) is 0 Å². The van der Waals surface area contributed by atoms with Crippen molar-refractivity contribution in [2.75, 3.05) is 11.9 Å². The van der Waals surface area contributed by atoms with Crippen LogP contribution in [0.3, 0.4) is 0 Å². The molecule has 0 saturated carbocycles. The van der Waals surface area contributed by atoms with Crippen molar-refractivity contribution in [2.24, 2.45) is 0 Å². The topological polar surface area (TPSA) is 56.3 Å². The van der Waals surface area contributed by atoms with E-state index in [9.17, 15) is 0 Å². The maximum atomic E-state index is 5.74. The van der Waals surface area contributed by atoms with Gasteiger partial charge in [-0.15, -0.1) is 0 Å². The van der Waals surface area contributed by atoms with E-state index in [1.54, 1.807) is 12.6 Å². The minimum Gasteiger partial charge on any atom is -0.490 e. The van der Waals surface area contributed by atoms with Crippen LogP contribution in [-0.2, 0) is 0 Å². The highest BCUT2D eigenvalue weighted by molar-refractivity contribution is 5.92. The van der Waals surface area contributed by atoms with E-state index in [1.807, 2.05) is 60.7 Å². The first-order chi connectivity index (χ1) is 11.9. The van der Waals surface area contributed by atoms with Crippen LogP contribution in [0, 0.1) is 0 Å². The zero-order valence-electron chi connectivity index (χ0n) is 12.8. The Morgan fingerprint density at radius 1 is 1.00 bits per heavy atom. The number of rotatable bonds is 0. The molecule has 1 aliphatic heterocycles. The lowest BCUT2D eigenvalue weighted by atomic mass is 10.2. The first-order valence-electron chi connectivity index (χ1n) is 7.62. The number of anilines is 2. The Morgan fingerprint density at radius 3 is 2.96 bits per heavy atom. The van der Waals surface area contributed by atoms with Crippen LogP contribution in [-0.4, -0.2) is 16.6 Å². The van der Waals surface area contributed by atoms with E-state index >= 15 is 0 Å². The molecule has 4 rings (SSSR count). The third-order valence-electron chi connectivity index (χ3n) is 3.61. The van der Waals surface area contributed by atoms with Crippen molar-refractivity contribution in [2.45, 2.75) is 0 Å². The normalized spacial score (nSPS) is 13.5. The Morgan fingerprint density at radius 2 is 1.96 bits per heavy atom. The molecule has 2 heterocycles. The molecule has 5 nitrogen and oxygen atoms in total. The third-order valence-corrected chi connectivity index (χ3v) is 3.61. The minimum absolute atomic E-state index is 0.475. The number of allylic oxidation sites excluding steroid dienone is 2. The van der Waals surface area contributed by atoms with E-state index in [4.69, 9.17) is 9.47 Å². The lowest BCUT2D eigenvalue weighted by Gasteiger charge is -2.13. The van der Waals surface area contributed by atoms with Gasteiger partial charge in [0.15, 0.2) is 0 Å². The van der Waals surface area contributed by atoms with Gasteiger partial charge in [-0.2, -0.15) is 0 Å². The highest BCUT2D eigenvalue weighted by Gasteiger charge is 2.09. The zero-order valence-corrected chi connectivity index (χ0v) is 12.8. The van der Waals surface area contributed by atoms with Crippen molar-refractivity contribution in [1.82, 2.24) is 9.97 Å². The van der Waals surface area contributed by atoms with Crippen LogP contribution >= 0.6 is 0 Å². The molecule has 2 aromatic carbocycles. The quantitative estimate of drug-likeness (QED) is 0.673. The van der Waals surface area contributed by atoms with Crippen molar-refractivity contribution in [3.8, 4) is 11.5 Å². The number of para-hydroxylation sites is 2. The van der Waals surface area contributed by atoms with Crippen molar-refractivity contribution < 1.29 is 9.47 Å². The maximum absolute atomic E-state index is 5.74. The first-order valence-corrected chi connectivity index (χ1v) is 7.62. The second kappa shape index (κ2) is 6.42. The van der Waals surface area contributed by atoms with E-state index in [-0.39, 0.29) is 0 Å². The number of fused-ring (bicyclic) bond motifs is 2. The number of nitrogens with zero attached hydrogens (tertiary/aromatic N) is 2. The lowest BCUT2D eigenvalue weighted by molar-refractivity contribution is 0.363. The lowest BCUT2D eigenvalue weighted by Crippen LogP contribution is -1.99. The number of nitrogens with one attached hydrogen (secondary N) is 1. The summed E-state index contributed by atoms with van der Waals surface area (Å²) in [5.41, 5.74) is 1.68. The molecule has 0 amide bonds. The molecule has 0 atom stereocenters. The van der Waals surface area contributed by atoms with Gasteiger partial charge in [0.1, 0.15) is 30.3 Å². The SMILES string of the molecule is C1=CCOc2ccc3ncnc(c3c2)Nc2ccccc2OC=C1. The van der Waals surface area contributed by atoms with Gasteiger partial charge >= 0.3 is 0 Å². The standard InChI is InChI=1S/C19H15N3O2/c1-4-10-23-14-8-9-16-15(12-14)19(21-13-20-16)22-17-6-2-3-7-18(17)24-11-5-1/h1-9,11-13H,10H2,(H,20,21,22). The summed E-state index contributed by atoms with van der Waals surface area (Å²) in [5, 5.41) is 4.22. The Bertz CT molecular complexity index is 935. The fraction of sp³-hybridized carbons (Fsp3) is 0.0526. The summed E-state index contributed by atoms with van der Waals surface area (Å²) < 4.78 is 11.4. The monoisotopic (exact) mass is 317 g/mol. The van der Waals surface area contributed by atoms with Gasteiger partial charge in [-0.1, -0.05) is 18.2 Å². The van der Waals surface area contributed by atoms with E-state index < -0.39 is 0 Å². The molecule has 1 N–H and O–H groups in total. The average Bonchev–Trinajstić information content (AvgIpc) is 2.62. The van der Waals surface area contributed by atoms with Crippen LogP contribution in [0.1, 0.15) is 0 Å². The van der Waals surface area contributed by atoms with E-state index in [0.717, 1.165) is 28.1 Å². The van der Waals surface area contributed by atoms with Gasteiger partial charge in [0.2, 0.25) is 0 Å². The van der Waals surface area contributed by atoms with Crippen molar-refractivity contribution in [3.63, 3.8) is 0 Å². The van der Waals surface area contributed by atoms with Gasteiger partial charge in [0.05, 0.1) is 17.5 Å². The predicted molar refractivity (Wildman–Crippen MR) is 93.7 cm³/mol. The van der Waals surface area contributed by atoms with Gasteiger partial charge in [-0.3, -0.25) is 0 Å². The van der Waals surface area contributed by atoms with Crippen LogP contribution in [0.25, 0.3) is 10.9 Å². The Balaban J connectivity index is 1.85. The summed E-state index contributed by atoms with van der Waals surface area (Å²) >= 11 is 0. The van der Waals surface area contributed by atoms with Crippen molar-refractivity contribution >= 4 is 22.4 Å². The number of hydrogen-bond donors (Lipinski definition) is 1. The number of ether oxygens (including phenoxy) is 2. The molecule has 0 spiro atoms. The highest BCUT2D eigenvalue weighted by Crippen LogP contribution is 2.31. The van der Waals surface area contributed by atoms with Gasteiger partial charge in [-0.05, 0) is 42.5 Å². The molecule has 24 heavy (non-hydrogen) atoms. The van der Waals surface area contributed by atoms with Gasteiger partial charge in [-0.25, -0.2) is 9.97 Å². The van der Waals surface area contributed by atoms with Crippen LogP contribution in [0.15, 0.2) is 73.3 Å². The molecule has 1 aromatic heterocycles. The summed E-state index contributed by atoms with van der Waals surface area (Å²) in [6.07, 6.45) is 8.81. The smallest absolute Gasteiger partial charge is 0.149 e. The number of aromatic nitrogens is 2. The van der Waals surface area contributed by atoms with Crippen LogP contribution < -0.4 is 14.8 Å². The van der Waals surface area contributed by atoms with E-state index in [0.29, 0.717) is 12.4 Å². The first kappa shape index (κ1) is 14.3. The molecule has 0 unspecified atom stereocenters. The molecular formula is C19H15N3O2. The highest BCUT2D eigenvalue weighted by atomic mass is 16.5. The van der Waals surface area contributed by atoms with Gasteiger partial charge < -0.3 is 14.8 Å². The fourth-order valence-electron chi connectivity index (χ4n) is 2.46. The van der Waals surface area contributed by atoms with Crippen LogP contribution in [0.4, 0.5) is 11.5 Å². The summed E-state index contributed by atoms with van der Waals surface area (Å²) in [5.74, 6) is 2.20. The molecule has 0 aliphatic carbocycles. The van der Waals surface area contributed by atoms with Crippen molar-refractivity contribution in [3.05, 3.63) is 73.3 Å². The second-order valence-electron chi connectivity index (χ2n) is 5.21. The molecule has 2 bridgehead atoms.